The largest absolute Gasteiger partial charge is 0.368 e. The summed E-state index contributed by atoms with van der Waals surface area (Å²) in [4.78, 5) is 10.6. The summed E-state index contributed by atoms with van der Waals surface area (Å²) in [7, 11) is 0. The van der Waals surface area contributed by atoms with Crippen molar-refractivity contribution in [3.63, 3.8) is 0 Å². The number of nitrogens with zero attached hydrogens (tertiary/aromatic N) is 5. The summed E-state index contributed by atoms with van der Waals surface area (Å²) in [5.41, 5.74) is 2.46. The third-order valence-electron chi connectivity index (χ3n) is 2.74. The first kappa shape index (κ1) is 9.26. The number of hydrogen-bond acceptors (Lipinski definition) is 6. The minimum Gasteiger partial charge on any atom is -0.368 e. The van der Waals surface area contributed by atoms with Gasteiger partial charge in [-0.1, -0.05) is 0 Å². The van der Waals surface area contributed by atoms with E-state index in [1.807, 2.05) is 6.20 Å². The molecule has 0 atom stereocenters. The summed E-state index contributed by atoms with van der Waals surface area (Å²) in [6.07, 6.45) is 7.27. The van der Waals surface area contributed by atoms with E-state index in [9.17, 15) is 0 Å². The molecule has 6 nitrogen and oxygen atoms in total. The van der Waals surface area contributed by atoms with Gasteiger partial charge in [-0.2, -0.15) is 0 Å². The van der Waals surface area contributed by atoms with Crippen LogP contribution in [-0.4, -0.2) is 33.4 Å². The van der Waals surface area contributed by atoms with Crippen molar-refractivity contribution in [1.29, 1.82) is 0 Å². The molecule has 0 saturated carbocycles. The molecule has 0 radical (unpaired) electrons. The van der Waals surface area contributed by atoms with Crippen LogP contribution in [0, 0.1) is 0 Å². The lowest BCUT2D eigenvalue weighted by atomic mass is 10.2. The van der Waals surface area contributed by atoms with Gasteiger partial charge in [0.25, 0.3) is 0 Å². The van der Waals surface area contributed by atoms with E-state index in [0.29, 0.717) is 5.69 Å². The second kappa shape index (κ2) is 3.88. The lowest BCUT2D eigenvalue weighted by Crippen LogP contribution is -2.19. The van der Waals surface area contributed by atoms with Crippen molar-refractivity contribution in [3.8, 4) is 11.4 Å². The quantitative estimate of drug-likeness (QED) is 0.751. The lowest BCUT2D eigenvalue weighted by molar-refractivity contribution is 0.393. The molecule has 82 valence electrons. The van der Waals surface area contributed by atoms with Crippen molar-refractivity contribution in [2.24, 2.45) is 0 Å². The normalized spacial score (nSPS) is 15.6. The standard InChI is InChI=1S/C10H11N5O/c1-2-4-15(3-1)9-5-11-7-12-10(9)8-6-16-14-13-8/h5-7H,1-4H2. The van der Waals surface area contributed by atoms with Crippen LogP contribution in [0.5, 0.6) is 0 Å². The first-order chi connectivity index (χ1) is 7.95. The van der Waals surface area contributed by atoms with E-state index in [1.165, 1.54) is 25.4 Å². The van der Waals surface area contributed by atoms with Crippen molar-refractivity contribution in [1.82, 2.24) is 20.3 Å². The molecule has 0 bridgehead atoms. The van der Waals surface area contributed by atoms with Gasteiger partial charge in [0.05, 0.1) is 11.9 Å². The van der Waals surface area contributed by atoms with Crippen LogP contribution in [-0.2, 0) is 0 Å². The number of rotatable bonds is 2. The van der Waals surface area contributed by atoms with E-state index in [1.54, 1.807) is 0 Å². The molecule has 1 fully saturated rings. The minimum absolute atomic E-state index is 0.657. The Morgan fingerprint density at radius 3 is 2.88 bits per heavy atom. The third kappa shape index (κ3) is 1.52. The molecule has 0 aliphatic carbocycles. The monoisotopic (exact) mass is 217 g/mol. The van der Waals surface area contributed by atoms with Gasteiger partial charge in [-0.15, -0.1) is 5.10 Å². The first-order valence-electron chi connectivity index (χ1n) is 5.27. The van der Waals surface area contributed by atoms with Crippen LogP contribution >= 0.6 is 0 Å². The van der Waals surface area contributed by atoms with Crippen LogP contribution in [0.15, 0.2) is 23.3 Å². The van der Waals surface area contributed by atoms with Crippen molar-refractivity contribution < 1.29 is 4.52 Å². The minimum atomic E-state index is 0.657. The molecule has 6 heteroatoms. The van der Waals surface area contributed by atoms with E-state index < -0.39 is 0 Å². The Labute approximate surface area is 92.3 Å². The molecule has 16 heavy (non-hydrogen) atoms. The average molecular weight is 217 g/mol. The fourth-order valence-electron chi connectivity index (χ4n) is 1.98. The molecule has 1 aliphatic heterocycles. The molecule has 2 aromatic rings. The van der Waals surface area contributed by atoms with Gasteiger partial charge in [-0.05, 0) is 12.8 Å². The van der Waals surface area contributed by atoms with E-state index in [-0.39, 0.29) is 0 Å². The van der Waals surface area contributed by atoms with Crippen LogP contribution in [0.2, 0.25) is 0 Å². The summed E-state index contributed by atoms with van der Waals surface area (Å²) in [6.45, 7) is 2.09. The highest BCUT2D eigenvalue weighted by molar-refractivity contribution is 5.71. The van der Waals surface area contributed by atoms with Gasteiger partial charge < -0.3 is 9.42 Å². The second-order valence-electron chi connectivity index (χ2n) is 3.74. The first-order valence-corrected chi connectivity index (χ1v) is 5.27. The Hall–Kier alpha value is -1.98. The topological polar surface area (TPSA) is 67.9 Å². The van der Waals surface area contributed by atoms with Gasteiger partial charge in [0.2, 0.25) is 0 Å². The van der Waals surface area contributed by atoms with Gasteiger partial charge in [0.15, 0.2) is 12.0 Å². The number of aromatic nitrogens is 4. The fraction of sp³-hybridized carbons (Fsp3) is 0.400. The highest BCUT2D eigenvalue weighted by atomic mass is 16.5. The van der Waals surface area contributed by atoms with Crippen LogP contribution in [0.3, 0.4) is 0 Å². The van der Waals surface area contributed by atoms with Crippen LogP contribution in [0.4, 0.5) is 5.69 Å². The lowest BCUT2D eigenvalue weighted by Gasteiger charge is -2.18. The highest BCUT2D eigenvalue weighted by Gasteiger charge is 2.19. The molecule has 3 rings (SSSR count). The van der Waals surface area contributed by atoms with Crippen molar-refractivity contribution in [2.45, 2.75) is 12.8 Å². The molecule has 2 aromatic heterocycles. The molecule has 0 N–H and O–H groups in total. The summed E-state index contributed by atoms with van der Waals surface area (Å²) < 4.78 is 4.75. The van der Waals surface area contributed by atoms with Crippen molar-refractivity contribution in [2.75, 3.05) is 18.0 Å². The highest BCUT2D eigenvalue weighted by Crippen LogP contribution is 2.28. The van der Waals surface area contributed by atoms with Crippen molar-refractivity contribution in [3.05, 3.63) is 18.8 Å². The Morgan fingerprint density at radius 2 is 2.12 bits per heavy atom. The Bertz CT molecular complexity index is 464. The second-order valence-corrected chi connectivity index (χ2v) is 3.74. The average Bonchev–Trinajstić information content (AvgIpc) is 3.03. The van der Waals surface area contributed by atoms with E-state index in [4.69, 9.17) is 4.52 Å². The van der Waals surface area contributed by atoms with Gasteiger partial charge in [0, 0.05) is 18.4 Å². The zero-order valence-corrected chi connectivity index (χ0v) is 8.70. The fourth-order valence-corrected chi connectivity index (χ4v) is 1.98. The van der Waals surface area contributed by atoms with Crippen LogP contribution in [0.1, 0.15) is 12.8 Å². The summed E-state index contributed by atoms with van der Waals surface area (Å²) in [6, 6.07) is 0. The molecule has 1 aliphatic rings. The number of hydrogen-bond donors (Lipinski definition) is 0. The molecule has 1 saturated heterocycles. The summed E-state index contributed by atoms with van der Waals surface area (Å²) >= 11 is 0. The van der Waals surface area contributed by atoms with Gasteiger partial charge >= 0.3 is 0 Å². The van der Waals surface area contributed by atoms with Gasteiger partial charge in [-0.25, -0.2) is 9.97 Å². The van der Waals surface area contributed by atoms with Crippen LogP contribution in [0.25, 0.3) is 11.4 Å². The Morgan fingerprint density at radius 1 is 1.25 bits per heavy atom. The molecular weight excluding hydrogens is 206 g/mol. The van der Waals surface area contributed by atoms with Crippen molar-refractivity contribution >= 4 is 5.69 Å². The zero-order valence-electron chi connectivity index (χ0n) is 8.70. The third-order valence-corrected chi connectivity index (χ3v) is 2.74. The molecule has 0 amide bonds. The van der Waals surface area contributed by atoms with Crippen LogP contribution < -0.4 is 4.90 Å². The van der Waals surface area contributed by atoms with E-state index >= 15 is 0 Å². The summed E-state index contributed by atoms with van der Waals surface area (Å²) in [5.74, 6) is 0. The maximum atomic E-state index is 4.75. The molecule has 3 heterocycles. The van der Waals surface area contributed by atoms with Gasteiger partial charge in [-0.3, -0.25) is 0 Å². The Kier molecular flexibility index (Phi) is 2.25. The predicted octanol–water partition coefficient (Wildman–Crippen LogP) is 1.13. The number of anilines is 1. The molecule has 0 aromatic carbocycles. The molecule has 0 unspecified atom stereocenters. The Balaban J connectivity index is 2.04. The SMILES string of the molecule is c1ncc(N2CCCC2)c(-c2conn2)n1. The van der Waals surface area contributed by atoms with Gasteiger partial charge in [0.1, 0.15) is 12.0 Å². The summed E-state index contributed by atoms with van der Waals surface area (Å²) in [5, 5.41) is 7.35. The smallest absolute Gasteiger partial charge is 0.155 e. The predicted molar refractivity (Wildman–Crippen MR) is 56.8 cm³/mol. The maximum absolute atomic E-state index is 4.75. The molecule has 0 spiro atoms. The van der Waals surface area contributed by atoms with E-state index in [0.717, 1.165) is 24.5 Å². The maximum Gasteiger partial charge on any atom is 0.155 e. The van der Waals surface area contributed by atoms with E-state index in [2.05, 4.69) is 25.2 Å². The molecular formula is C10H11N5O. The zero-order chi connectivity index (χ0) is 10.8.